The molecule has 1 fully saturated rings. The summed E-state index contributed by atoms with van der Waals surface area (Å²) in [6.45, 7) is 2.68. The monoisotopic (exact) mass is 319 g/mol. The van der Waals surface area contributed by atoms with Crippen molar-refractivity contribution in [3.63, 3.8) is 0 Å². The number of hydrogen-bond donors (Lipinski definition) is 1. The molecule has 0 atom stereocenters. The fourth-order valence-corrected chi connectivity index (χ4v) is 2.80. The van der Waals surface area contributed by atoms with E-state index >= 15 is 0 Å². The molecule has 0 radical (unpaired) electrons. The Labute approximate surface area is 137 Å². The van der Waals surface area contributed by atoms with Crippen LogP contribution in [0, 0.1) is 5.92 Å². The van der Waals surface area contributed by atoms with E-state index in [1.165, 1.54) is 19.3 Å². The molecule has 1 N–H and O–H groups in total. The molecule has 0 bridgehead atoms. The quantitative estimate of drug-likeness (QED) is 0.785. The summed E-state index contributed by atoms with van der Waals surface area (Å²) in [6.07, 6.45) is 5.96. The van der Waals surface area contributed by atoms with E-state index in [0.717, 1.165) is 12.8 Å². The van der Waals surface area contributed by atoms with Crippen LogP contribution in [0.1, 0.15) is 49.4 Å². The van der Waals surface area contributed by atoms with Crippen LogP contribution in [0.4, 0.5) is 0 Å². The molecule has 1 aliphatic rings. The molecule has 126 valence electrons. The molecule has 0 saturated heterocycles. The maximum absolute atomic E-state index is 12.2. The van der Waals surface area contributed by atoms with Crippen molar-refractivity contribution >= 4 is 11.9 Å². The molecule has 0 spiro atoms. The Morgan fingerprint density at radius 3 is 2.65 bits per heavy atom. The number of rotatable bonds is 7. The van der Waals surface area contributed by atoms with Gasteiger partial charge in [-0.05, 0) is 37.8 Å². The lowest BCUT2D eigenvalue weighted by atomic mass is 9.90. The number of amides is 1. The first-order valence-electron chi connectivity index (χ1n) is 8.36. The van der Waals surface area contributed by atoms with Crippen LogP contribution in [-0.2, 0) is 9.53 Å². The molecular weight excluding hydrogens is 294 g/mol. The topological polar surface area (TPSA) is 64.6 Å². The third-order valence-electron chi connectivity index (χ3n) is 4.03. The summed E-state index contributed by atoms with van der Waals surface area (Å²) in [7, 11) is 0. The lowest BCUT2D eigenvalue weighted by Gasteiger charge is -2.21. The van der Waals surface area contributed by atoms with Gasteiger partial charge in [-0.15, -0.1) is 0 Å². The fraction of sp³-hybridized carbons (Fsp3) is 0.556. The fourth-order valence-electron chi connectivity index (χ4n) is 2.80. The number of hydrogen-bond acceptors (Lipinski definition) is 4. The second-order valence-corrected chi connectivity index (χ2v) is 5.80. The summed E-state index contributed by atoms with van der Waals surface area (Å²) in [5, 5.41) is 2.59. The number of nitrogens with one attached hydrogen (secondary N) is 1. The summed E-state index contributed by atoms with van der Waals surface area (Å²) in [5.41, 5.74) is 0.425. The number of ether oxygens (including phenoxy) is 2. The highest BCUT2D eigenvalue weighted by molar-refractivity contribution is 5.98. The minimum Gasteiger partial charge on any atom is -0.493 e. The van der Waals surface area contributed by atoms with Crippen LogP contribution < -0.4 is 10.1 Å². The van der Waals surface area contributed by atoms with Crippen molar-refractivity contribution < 1.29 is 19.1 Å². The summed E-state index contributed by atoms with van der Waals surface area (Å²) in [5.74, 6) is 0.270. The first kappa shape index (κ1) is 17.3. The van der Waals surface area contributed by atoms with Crippen LogP contribution in [0.3, 0.4) is 0 Å². The van der Waals surface area contributed by atoms with Gasteiger partial charge in [0.25, 0.3) is 5.91 Å². The van der Waals surface area contributed by atoms with Gasteiger partial charge in [-0.1, -0.05) is 31.4 Å². The van der Waals surface area contributed by atoms with Gasteiger partial charge >= 0.3 is 5.97 Å². The third kappa shape index (κ3) is 5.58. The van der Waals surface area contributed by atoms with E-state index in [1.807, 2.05) is 6.92 Å². The molecule has 1 saturated carbocycles. The molecule has 0 heterocycles. The first-order valence-corrected chi connectivity index (χ1v) is 8.36. The van der Waals surface area contributed by atoms with Crippen LogP contribution in [0.25, 0.3) is 0 Å². The van der Waals surface area contributed by atoms with Crippen molar-refractivity contribution in [2.75, 3.05) is 19.8 Å². The van der Waals surface area contributed by atoms with E-state index in [2.05, 4.69) is 5.32 Å². The van der Waals surface area contributed by atoms with Crippen LogP contribution in [0.15, 0.2) is 24.3 Å². The van der Waals surface area contributed by atoms with E-state index in [4.69, 9.17) is 9.47 Å². The normalized spacial score (nSPS) is 15.0. The smallest absolute Gasteiger partial charge is 0.325 e. The third-order valence-corrected chi connectivity index (χ3v) is 4.03. The lowest BCUT2D eigenvalue weighted by Crippen LogP contribution is -2.31. The Bertz CT molecular complexity index is 524. The van der Waals surface area contributed by atoms with Gasteiger partial charge in [-0.2, -0.15) is 0 Å². The van der Waals surface area contributed by atoms with Crippen LogP contribution in [0.2, 0.25) is 0 Å². The summed E-state index contributed by atoms with van der Waals surface area (Å²) in [6, 6.07) is 6.98. The molecule has 0 aliphatic heterocycles. The molecule has 0 unspecified atom stereocenters. The Morgan fingerprint density at radius 1 is 1.17 bits per heavy atom. The molecular formula is C18H25NO4. The van der Waals surface area contributed by atoms with Gasteiger partial charge in [0.1, 0.15) is 12.3 Å². The number of para-hydroxylation sites is 1. The summed E-state index contributed by atoms with van der Waals surface area (Å²) >= 11 is 0. The number of carbonyl (C=O) groups is 2. The molecule has 5 heteroatoms. The Balaban J connectivity index is 1.76. The highest BCUT2D eigenvalue weighted by Crippen LogP contribution is 2.23. The highest BCUT2D eigenvalue weighted by Gasteiger charge is 2.17. The zero-order valence-corrected chi connectivity index (χ0v) is 13.7. The zero-order valence-electron chi connectivity index (χ0n) is 13.7. The maximum atomic E-state index is 12.2. The minimum atomic E-state index is -0.391. The SMILES string of the molecule is CCOc1ccccc1C(=O)NCC(=O)OCC1CCCCC1. The number of esters is 1. The Morgan fingerprint density at radius 2 is 1.91 bits per heavy atom. The van der Waals surface area contributed by atoms with Crippen LogP contribution >= 0.6 is 0 Å². The van der Waals surface area contributed by atoms with Crippen molar-refractivity contribution in [3.8, 4) is 5.75 Å². The standard InChI is InChI=1S/C18H25NO4/c1-2-22-16-11-7-6-10-15(16)18(21)19-12-17(20)23-13-14-8-4-3-5-9-14/h6-7,10-11,14H,2-5,8-9,12-13H2,1H3,(H,19,21). The molecule has 1 aromatic carbocycles. The molecule has 2 rings (SSSR count). The van der Waals surface area contributed by atoms with Gasteiger partial charge in [-0.3, -0.25) is 9.59 Å². The van der Waals surface area contributed by atoms with E-state index in [-0.39, 0.29) is 12.5 Å². The van der Waals surface area contributed by atoms with Gasteiger partial charge < -0.3 is 14.8 Å². The Kier molecular flexibility index (Phi) is 6.91. The second kappa shape index (κ2) is 9.18. The van der Waals surface area contributed by atoms with Crippen molar-refractivity contribution in [2.45, 2.75) is 39.0 Å². The molecule has 1 aliphatic carbocycles. The minimum absolute atomic E-state index is 0.119. The van der Waals surface area contributed by atoms with E-state index in [9.17, 15) is 9.59 Å². The molecule has 5 nitrogen and oxygen atoms in total. The van der Waals surface area contributed by atoms with Crippen molar-refractivity contribution in [1.29, 1.82) is 0 Å². The van der Waals surface area contributed by atoms with Crippen molar-refractivity contribution in [2.24, 2.45) is 5.92 Å². The first-order chi connectivity index (χ1) is 11.2. The molecule has 1 amide bonds. The second-order valence-electron chi connectivity index (χ2n) is 5.80. The lowest BCUT2D eigenvalue weighted by molar-refractivity contribution is -0.144. The van der Waals surface area contributed by atoms with Gasteiger partial charge in [-0.25, -0.2) is 0 Å². The van der Waals surface area contributed by atoms with Gasteiger partial charge in [0, 0.05) is 0 Å². The Hall–Kier alpha value is -2.04. The number of benzene rings is 1. The highest BCUT2D eigenvalue weighted by atomic mass is 16.5. The van der Waals surface area contributed by atoms with E-state index in [1.54, 1.807) is 24.3 Å². The van der Waals surface area contributed by atoms with Crippen LogP contribution in [0.5, 0.6) is 5.75 Å². The number of carbonyl (C=O) groups excluding carboxylic acids is 2. The van der Waals surface area contributed by atoms with Crippen molar-refractivity contribution in [1.82, 2.24) is 5.32 Å². The largest absolute Gasteiger partial charge is 0.493 e. The summed E-state index contributed by atoms with van der Waals surface area (Å²) in [4.78, 5) is 23.9. The summed E-state index contributed by atoms with van der Waals surface area (Å²) < 4.78 is 10.7. The zero-order chi connectivity index (χ0) is 16.5. The van der Waals surface area contributed by atoms with Gasteiger partial charge in [0.05, 0.1) is 18.8 Å². The average molecular weight is 319 g/mol. The molecule has 0 aromatic heterocycles. The van der Waals surface area contributed by atoms with Crippen LogP contribution in [-0.4, -0.2) is 31.6 Å². The van der Waals surface area contributed by atoms with Crippen molar-refractivity contribution in [3.05, 3.63) is 29.8 Å². The van der Waals surface area contributed by atoms with Gasteiger partial charge in [0.15, 0.2) is 0 Å². The molecule has 23 heavy (non-hydrogen) atoms. The average Bonchev–Trinajstić information content (AvgIpc) is 2.59. The predicted octanol–water partition coefficient (Wildman–Crippen LogP) is 2.94. The maximum Gasteiger partial charge on any atom is 0.325 e. The predicted molar refractivity (Wildman–Crippen MR) is 87.5 cm³/mol. The van der Waals surface area contributed by atoms with Gasteiger partial charge in [0.2, 0.25) is 0 Å². The molecule has 1 aromatic rings. The van der Waals surface area contributed by atoms with E-state index in [0.29, 0.717) is 30.4 Å². The van der Waals surface area contributed by atoms with E-state index < -0.39 is 5.97 Å².